The van der Waals surface area contributed by atoms with Gasteiger partial charge < -0.3 is 0 Å². The summed E-state index contributed by atoms with van der Waals surface area (Å²) in [5.74, 6) is -0.445. The quantitative estimate of drug-likeness (QED) is 0.619. The number of aromatic nitrogens is 3. The van der Waals surface area contributed by atoms with Crippen molar-refractivity contribution in [3.8, 4) is 5.69 Å². The fourth-order valence-corrected chi connectivity index (χ4v) is 5.18. The first kappa shape index (κ1) is 18.8. The summed E-state index contributed by atoms with van der Waals surface area (Å²) in [5.41, 5.74) is 4.08. The Morgan fingerprint density at radius 3 is 2.77 bits per heavy atom. The van der Waals surface area contributed by atoms with Crippen LogP contribution < -0.4 is 9.62 Å². The molecule has 4 heterocycles. The van der Waals surface area contributed by atoms with Gasteiger partial charge in [-0.1, -0.05) is 6.07 Å². The van der Waals surface area contributed by atoms with Crippen molar-refractivity contribution >= 4 is 55.9 Å². The molecule has 0 bridgehead atoms. The number of carbonyl (C=O) groups excluding carboxylic acids is 2. The molecular formula is C19H15N5O4S2. The molecule has 2 aromatic heterocycles. The maximum absolute atomic E-state index is 12.1. The Balaban J connectivity index is 1.59. The van der Waals surface area contributed by atoms with E-state index in [0.717, 1.165) is 23.0 Å². The fourth-order valence-electron chi connectivity index (χ4n) is 3.57. The van der Waals surface area contributed by atoms with Crippen LogP contribution in [0.1, 0.15) is 11.3 Å². The molecular weight excluding hydrogens is 426 g/mol. The lowest BCUT2D eigenvalue weighted by Crippen LogP contribution is -2.27. The first-order valence-electron chi connectivity index (χ1n) is 8.99. The predicted octanol–water partition coefficient (Wildman–Crippen LogP) is 2.07. The molecule has 5 rings (SSSR count). The van der Waals surface area contributed by atoms with Crippen LogP contribution in [0.15, 0.2) is 41.6 Å². The van der Waals surface area contributed by atoms with Crippen molar-refractivity contribution in [3.63, 3.8) is 0 Å². The Hall–Kier alpha value is -3.18. The van der Waals surface area contributed by atoms with Gasteiger partial charge in [0.05, 0.1) is 28.2 Å². The summed E-state index contributed by atoms with van der Waals surface area (Å²) in [4.78, 5) is 32.4. The third-order valence-electron chi connectivity index (χ3n) is 4.94. The van der Waals surface area contributed by atoms with E-state index in [0.29, 0.717) is 35.5 Å². The average Bonchev–Trinajstić information content (AvgIpc) is 3.37. The van der Waals surface area contributed by atoms with Gasteiger partial charge in [0.1, 0.15) is 11.8 Å². The summed E-state index contributed by atoms with van der Waals surface area (Å²) in [5, 5.41) is 1.80. The number of rotatable bonds is 3. The van der Waals surface area contributed by atoms with Crippen LogP contribution in [0.25, 0.3) is 22.9 Å². The average molecular weight is 441 g/mol. The second-order valence-electron chi connectivity index (χ2n) is 6.94. The molecule has 0 radical (unpaired) electrons. The van der Waals surface area contributed by atoms with Gasteiger partial charge in [0.2, 0.25) is 10.0 Å². The van der Waals surface area contributed by atoms with Crippen LogP contribution in [-0.2, 0) is 21.2 Å². The van der Waals surface area contributed by atoms with Gasteiger partial charge in [0, 0.05) is 6.54 Å². The van der Waals surface area contributed by atoms with Crippen LogP contribution >= 0.6 is 11.8 Å². The third kappa shape index (κ3) is 3.15. The molecule has 152 valence electrons. The number of imide groups is 1. The van der Waals surface area contributed by atoms with Crippen LogP contribution in [0.4, 0.5) is 10.5 Å². The Morgan fingerprint density at radius 1 is 1.20 bits per heavy atom. The van der Waals surface area contributed by atoms with Crippen molar-refractivity contribution in [1.29, 1.82) is 0 Å². The molecule has 9 nitrogen and oxygen atoms in total. The molecule has 0 unspecified atom stereocenters. The number of pyridine rings is 1. The lowest BCUT2D eigenvalue weighted by Gasteiger charge is -2.17. The highest BCUT2D eigenvalue weighted by Crippen LogP contribution is 2.33. The number of imidazole rings is 1. The van der Waals surface area contributed by atoms with Gasteiger partial charge in [0.25, 0.3) is 11.1 Å². The van der Waals surface area contributed by atoms with Crippen molar-refractivity contribution in [1.82, 2.24) is 19.9 Å². The number of sulfonamides is 1. The van der Waals surface area contributed by atoms with Crippen molar-refractivity contribution < 1.29 is 18.0 Å². The van der Waals surface area contributed by atoms with Crippen LogP contribution in [0.3, 0.4) is 0 Å². The number of benzene rings is 1. The summed E-state index contributed by atoms with van der Waals surface area (Å²) in [6.07, 6.45) is 5.04. The number of fused-ring (bicyclic) bond motifs is 2. The topological polar surface area (TPSA) is 114 Å². The largest absolute Gasteiger partial charge is 0.290 e. The lowest BCUT2D eigenvalue weighted by atomic mass is 10.1. The summed E-state index contributed by atoms with van der Waals surface area (Å²) in [7, 11) is -3.36. The van der Waals surface area contributed by atoms with Gasteiger partial charge in [-0.3, -0.25) is 23.8 Å². The van der Waals surface area contributed by atoms with Crippen LogP contribution in [0, 0.1) is 0 Å². The maximum Gasteiger partial charge on any atom is 0.290 e. The first-order chi connectivity index (χ1) is 14.3. The van der Waals surface area contributed by atoms with Gasteiger partial charge in [-0.2, -0.15) is 0 Å². The third-order valence-corrected chi connectivity index (χ3v) is 6.93. The number of thioether (sulfide) groups is 1. The Kier molecular flexibility index (Phi) is 4.19. The van der Waals surface area contributed by atoms with Gasteiger partial charge >= 0.3 is 0 Å². The van der Waals surface area contributed by atoms with E-state index in [-0.39, 0.29) is 4.91 Å². The first-order valence-corrected chi connectivity index (χ1v) is 11.7. The van der Waals surface area contributed by atoms with Crippen LogP contribution in [0.5, 0.6) is 0 Å². The number of nitrogens with zero attached hydrogens (tertiary/aromatic N) is 4. The fraction of sp³-hybridized carbons (Fsp3) is 0.158. The molecule has 2 amide bonds. The van der Waals surface area contributed by atoms with Crippen LogP contribution in [0.2, 0.25) is 0 Å². The lowest BCUT2D eigenvalue weighted by molar-refractivity contribution is -0.115. The molecule has 3 aromatic rings. The minimum absolute atomic E-state index is 0.277. The Labute approximate surface area is 175 Å². The van der Waals surface area contributed by atoms with Crippen molar-refractivity contribution in [2.45, 2.75) is 6.42 Å². The zero-order valence-electron chi connectivity index (χ0n) is 15.7. The van der Waals surface area contributed by atoms with E-state index >= 15 is 0 Å². The van der Waals surface area contributed by atoms with E-state index in [4.69, 9.17) is 0 Å². The molecule has 0 aliphatic carbocycles. The van der Waals surface area contributed by atoms with Gasteiger partial charge in [0.15, 0.2) is 5.65 Å². The highest BCUT2D eigenvalue weighted by molar-refractivity contribution is 8.18. The zero-order chi connectivity index (χ0) is 21.0. The number of amides is 2. The molecule has 0 spiro atoms. The van der Waals surface area contributed by atoms with E-state index in [2.05, 4.69) is 15.3 Å². The number of carbonyl (C=O) groups is 2. The molecule has 2 aliphatic rings. The normalized spacial score (nSPS) is 17.8. The number of hydrogen-bond acceptors (Lipinski definition) is 7. The highest BCUT2D eigenvalue weighted by atomic mass is 32.2. The van der Waals surface area contributed by atoms with Crippen molar-refractivity contribution in [2.75, 3.05) is 17.1 Å². The number of nitrogens with one attached hydrogen (secondary N) is 1. The summed E-state index contributed by atoms with van der Waals surface area (Å²) in [6, 6.07) is 9.13. The molecule has 1 fully saturated rings. The van der Waals surface area contributed by atoms with Crippen molar-refractivity contribution in [3.05, 3.63) is 52.8 Å². The molecule has 1 N–H and O–H groups in total. The van der Waals surface area contributed by atoms with E-state index < -0.39 is 21.2 Å². The van der Waals surface area contributed by atoms with Crippen molar-refractivity contribution in [2.24, 2.45) is 0 Å². The highest BCUT2D eigenvalue weighted by Gasteiger charge is 2.27. The van der Waals surface area contributed by atoms with E-state index in [1.807, 2.05) is 18.2 Å². The minimum atomic E-state index is -3.36. The summed E-state index contributed by atoms with van der Waals surface area (Å²) in [6.45, 7) is 0.427. The van der Waals surface area contributed by atoms with E-state index in [1.165, 1.54) is 10.6 Å². The zero-order valence-corrected chi connectivity index (χ0v) is 17.3. The summed E-state index contributed by atoms with van der Waals surface area (Å²) >= 11 is 0.829. The molecule has 0 saturated carbocycles. The second kappa shape index (κ2) is 6.67. The minimum Gasteiger partial charge on any atom is -0.283 e. The second-order valence-corrected chi connectivity index (χ2v) is 9.87. The van der Waals surface area contributed by atoms with E-state index in [9.17, 15) is 18.0 Å². The molecule has 0 atom stereocenters. The molecule has 1 aromatic carbocycles. The molecule has 1 saturated heterocycles. The smallest absolute Gasteiger partial charge is 0.283 e. The van der Waals surface area contributed by atoms with Gasteiger partial charge in [-0.25, -0.2) is 18.4 Å². The van der Waals surface area contributed by atoms with Gasteiger partial charge in [-0.15, -0.1) is 0 Å². The monoisotopic (exact) mass is 441 g/mol. The molecule has 2 aliphatic heterocycles. The Bertz CT molecular complexity index is 1380. The summed E-state index contributed by atoms with van der Waals surface area (Å²) < 4.78 is 27.4. The van der Waals surface area contributed by atoms with Gasteiger partial charge in [-0.05, 0) is 54.1 Å². The molecule has 11 heteroatoms. The number of anilines is 1. The van der Waals surface area contributed by atoms with Crippen LogP contribution in [-0.4, -0.2) is 46.9 Å². The maximum atomic E-state index is 12.1. The standard InChI is InChI=1S/C19H15N5O4S2/c1-30(27,28)24-7-6-11-2-4-13(9-15(11)24)23-10-20-14-5-3-12(21-17(14)23)8-16-18(25)22-19(26)29-16/h2-5,8-10H,6-7H2,1H3,(H,22,25,26)/b16-8+. The Morgan fingerprint density at radius 2 is 2.03 bits per heavy atom. The number of hydrogen-bond donors (Lipinski definition) is 1. The molecule has 30 heavy (non-hydrogen) atoms. The SMILES string of the molecule is CS(=O)(=O)N1CCc2ccc(-n3cnc4ccc(/C=C5/SC(=O)NC5=O)nc43)cc21. The predicted molar refractivity (Wildman–Crippen MR) is 114 cm³/mol. The van der Waals surface area contributed by atoms with E-state index in [1.54, 1.807) is 29.1 Å².